The normalized spacial score (nSPS) is 24.0. The third kappa shape index (κ3) is 11.4. The van der Waals surface area contributed by atoms with Gasteiger partial charge in [0, 0.05) is 74.0 Å². The highest BCUT2D eigenvalue weighted by Crippen LogP contribution is 2.44. The molecule has 19 heteroatoms. The molecule has 11 rings (SSSR count). The van der Waals surface area contributed by atoms with E-state index in [0.29, 0.717) is 72.7 Å². The summed E-state index contributed by atoms with van der Waals surface area (Å²) in [5, 5.41) is 14.2. The largest absolute Gasteiger partial charge is 0.372 e. The van der Waals surface area contributed by atoms with Crippen molar-refractivity contribution in [1.82, 2.24) is 40.3 Å². The monoisotopic (exact) mass is 1020 g/mol. The molecule has 4 saturated heterocycles. The number of sulfonamides is 1. The van der Waals surface area contributed by atoms with E-state index in [1.54, 1.807) is 35.2 Å². The van der Waals surface area contributed by atoms with E-state index in [0.717, 1.165) is 57.1 Å². The van der Waals surface area contributed by atoms with Crippen molar-refractivity contribution in [3.63, 3.8) is 0 Å². The highest BCUT2D eigenvalue weighted by molar-refractivity contribution is 7.90. The molecular weight excluding hydrogens is 956 g/mol. The second-order valence-electron chi connectivity index (χ2n) is 21.4. The second kappa shape index (κ2) is 21.1. The molecule has 5 heterocycles. The first-order valence-corrected chi connectivity index (χ1v) is 27.8. The summed E-state index contributed by atoms with van der Waals surface area (Å²) in [5.74, 6) is -2.69. The maximum Gasteiger partial charge on any atom is 0.272 e. The average Bonchev–Trinajstić information content (AvgIpc) is 4.27. The van der Waals surface area contributed by atoms with Crippen LogP contribution in [0.4, 0.5) is 4.39 Å². The molecule has 7 fully saturated rings. The number of benzene rings is 3. The van der Waals surface area contributed by atoms with E-state index in [-0.39, 0.29) is 86.4 Å². The summed E-state index contributed by atoms with van der Waals surface area (Å²) in [6, 6.07) is 17.7. The van der Waals surface area contributed by atoms with Crippen LogP contribution in [0.2, 0.25) is 0 Å². The maximum atomic E-state index is 15.1. The Labute approximate surface area is 424 Å². The minimum absolute atomic E-state index is 0.0158. The van der Waals surface area contributed by atoms with Gasteiger partial charge in [-0.3, -0.25) is 33.5 Å². The highest BCUT2D eigenvalue weighted by Gasteiger charge is 2.52. The van der Waals surface area contributed by atoms with Crippen molar-refractivity contribution in [3.05, 3.63) is 111 Å². The summed E-state index contributed by atoms with van der Waals surface area (Å²) in [7, 11) is -4.21. The highest BCUT2D eigenvalue weighted by atomic mass is 32.2. The topological polar surface area (TPSA) is 220 Å². The van der Waals surface area contributed by atoms with Crippen molar-refractivity contribution in [2.45, 2.75) is 113 Å². The molecule has 5 amide bonds. The summed E-state index contributed by atoms with van der Waals surface area (Å²) in [6.07, 6.45) is 9.98. The van der Waals surface area contributed by atoms with Gasteiger partial charge >= 0.3 is 0 Å². The summed E-state index contributed by atoms with van der Waals surface area (Å²) >= 11 is 0. The van der Waals surface area contributed by atoms with Crippen molar-refractivity contribution in [1.29, 1.82) is 0 Å². The Kier molecular flexibility index (Phi) is 14.6. The Balaban J connectivity index is 0.697. The van der Waals surface area contributed by atoms with Crippen LogP contribution in [0.25, 0.3) is 10.8 Å². The van der Waals surface area contributed by atoms with Crippen molar-refractivity contribution in [2.24, 2.45) is 11.8 Å². The number of piperazine rings is 1. The van der Waals surface area contributed by atoms with Crippen LogP contribution in [-0.4, -0.2) is 138 Å². The first-order chi connectivity index (χ1) is 35.2. The fraction of sp³-hybridized carbons (Fsp3) is 0.537. The number of likely N-dealkylation sites (tertiary alicyclic amines) is 1. The van der Waals surface area contributed by atoms with Gasteiger partial charge in [-0.2, -0.15) is 5.10 Å². The number of hydrogen-bond acceptors (Lipinski definition) is 11. The molecule has 3 saturated carbocycles. The number of amides is 5. The van der Waals surface area contributed by atoms with Crippen LogP contribution in [-0.2, 0) is 35.6 Å². The molecule has 4 aliphatic heterocycles. The predicted octanol–water partition coefficient (Wildman–Crippen LogP) is 4.55. The lowest BCUT2D eigenvalue weighted by molar-refractivity contribution is -0.152. The predicted molar refractivity (Wildman–Crippen MR) is 269 cm³/mol. The van der Waals surface area contributed by atoms with E-state index in [2.05, 4.69) is 25.6 Å². The number of nitrogens with zero attached hydrogens (tertiary/aromatic N) is 4. The van der Waals surface area contributed by atoms with Crippen molar-refractivity contribution < 1.29 is 41.5 Å². The Morgan fingerprint density at radius 2 is 1.55 bits per heavy atom. The Bertz CT molecular complexity index is 2930. The van der Waals surface area contributed by atoms with Crippen LogP contribution in [0.1, 0.15) is 127 Å². The Morgan fingerprint density at radius 1 is 0.808 bits per heavy atom. The molecular formula is C54H65FN8O9S. The molecule has 4 N–H and O–H groups in total. The summed E-state index contributed by atoms with van der Waals surface area (Å²) < 4.78 is 51.5. The number of nitrogens with one attached hydrogen (secondary N) is 4. The number of carbonyl (C=O) groups excluding carboxylic acids is 5. The molecule has 73 heavy (non-hydrogen) atoms. The first kappa shape index (κ1) is 50.5. The van der Waals surface area contributed by atoms with Gasteiger partial charge in [-0.25, -0.2) is 17.9 Å². The van der Waals surface area contributed by atoms with Crippen LogP contribution >= 0.6 is 0 Å². The SMILES string of the molecule is O=C(N[C@H](C(=O)NS(=O)(=O)CC12CCC(NCC(=O)N3CCN(C(=O)c4cc(Cc5n[nH]c(=O)c6ccccc56)ccc4F)CC3)(CC1)CO2)C1CCCCC1)c1cccc([C@H]2CCCN(C(=O)C3CC3)C2)c1. The minimum atomic E-state index is -4.21. The van der Waals surface area contributed by atoms with Crippen molar-refractivity contribution in [3.8, 4) is 0 Å². The molecule has 388 valence electrons. The second-order valence-corrected chi connectivity index (χ2v) is 23.1. The number of piperidine rings is 1. The van der Waals surface area contributed by atoms with E-state index in [9.17, 15) is 37.2 Å². The number of carbonyl (C=O) groups is 5. The quantitative estimate of drug-likeness (QED) is 0.129. The van der Waals surface area contributed by atoms with Gasteiger partial charge in [-0.05, 0) is 112 Å². The number of fused-ring (bicyclic) bond motifs is 4. The average molecular weight is 1020 g/mol. The molecule has 0 spiro atoms. The summed E-state index contributed by atoms with van der Waals surface area (Å²) in [4.78, 5) is 85.4. The zero-order valence-corrected chi connectivity index (χ0v) is 42.0. The van der Waals surface area contributed by atoms with Gasteiger partial charge in [-0.15, -0.1) is 0 Å². The zero-order valence-electron chi connectivity index (χ0n) is 41.2. The smallest absolute Gasteiger partial charge is 0.272 e. The molecule has 7 aliphatic rings. The van der Waals surface area contributed by atoms with Crippen LogP contribution in [0.3, 0.4) is 0 Å². The van der Waals surface area contributed by atoms with E-state index in [1.807, 2.05) is 29.2 Å². The van der Waals surface area contributed by atoms with Gasteiger partial charge in [0.25, 0.3) is 23.3 Å². The van der Waals surface area contributed by atoms with Crippen LogP contribution in [0.5, 0.6) is 0 Å². The third-order valence-corrected chi connectivity index (χ3v) is 17.8. The number of ether oxygens (including phenoxy) is 1. The number of halogens is 1. The Hall–Kier alpha value is -6.05. The molecule has 3 aliphatic carbocycles. The van der Waals surface area contributed by atoms with E-state index in [1.165, 1.54) is 17.0 Å². The third-order valence-electron chi connectivity index (χ3n) is 16.4. The summed E-state index contributed by atoms with van der Waals surface area (Å²) in [5.41, 5.74) is 0.642. The fourth-order valence-corrected chi connectivity index (χ4v) is 13.5. The molecule has 3 aromatic carbocycles. The lowest BCUT2D eigenvalue weighted by atomic mass is 9.72. The van der Waals surface area contributed by atoms with Gasteiger partial charge in [-0.1, -0.05) is 55.7 Å². The van der Waals surface area contributed by atoms with Gasteiger partial charge < -0.3 is 30.1 Å². The summed E-state index contributed by atoms with van der Waals surface area (Å²) in [6.45, 7) is 2.52. The lowest BCUT2D eigenvalue weighted by Crippen LogP contribution is -2.65. The van der Waals surface area contributed by atoms with Crippen LogP contribution < -0.4 is 20.9 Å². The molecule has 2 atom stereocenters. The Morgan fingerprint density at radius 3 is 2.27 bits per heavy atom. The number of aromatic amines is 1. The van der Waals surface area contributed by atoms with Gasteiger partial charge in [0.1, 0.15) is 11.9 Å². The number of aromatic nitrogens is 2. The molecule has 1 aromatic heterocycles. The fourth-order valence-electron chi connectivity index (χ4n) is 11.9. The van der Waals surface area contributed by atoms with Crippen molar-refractivity contribution in [2.75, 3.05) is 58.2 Å². The molecule has 0 radical (unpaired) electrons. The van der Waals surface area contributed by atoms with E-state index < -0.39 is 56.5 Å². The minimum Gasteiger partial charge on any atom is -0.372 e. The molecule has 2 bridgehead atoms. The van der Waals surface area contributed by atoms with Crippen molar-refractivity contribution >= 4 is 50.3 Å². The standard InChI is InChI=1S/C54H65FN8O9S/c55-44-18-15-35(29-45-41-13-4-5-14-42(41)49(66)59-58-45)28-43(44)52(69)62-26-24-61(25-27-62)46(64)31-56-53-19-21-54(22-20-53,72-33-53)34-73(70,71)60-50(67)47(36-8-2-1-3-9-36)57-48(65)39-11-6-10-38(30-39)40-12-7-23-63(32-40)51(68)37-16-17-37/h4-6,10-11,13-15,18,28,30,36-37,40,47,56H,1-3,7-9,12,16-17,19-27,29,31-34H2,(H,57,65)(H,59,66)(H,60,67)/t40-,47-,53?,54?/m0/s1. The zero-order chi connectivity index (χ0) is 50.9. The number of H-pyrrole nitrogens is 1. The molecule has 4 aromatic rings. The maximum absolute atomic E-state index is 15.1. The first-order valence-electron chi connectivity index (χ1n) is 26.1. The van der Waals surface area contributed by atoms with Crippen LogP contribution in [0, 0.1) is 17.7 Å². The lowest BCUT2D eigenvalue weighted by Gasteiger charge is -2.53. The molecule has 17 nitrogen and oxygen atoms in total. The van der Waals surface area contributed by atoms with Gasteiger partial charge in [0.05, 0.1) is 41.1 Å². The van der Waals surface area contributed by atoms with Gasteiger partial charge in [0.2, 0.25) is 21.8 Å². The molecule has 0 unspecified atom stereocenters. The van der Waals surface area contributed by atoms with Gasteiger partial charge in [0.15, 0.2) is 0 Å². The number of hydrogen-bond donors (Lipinski definition) is 4. The van der Waals surface area contributed by atoms with Crippen LogP contribution in [0.15, 0.2) is 71.5 Å². The van der Waals surface area contributed by atoms with E-state index in [4.69, 9.17) is 4.74 Å². The van der Waals surface area contributed by atoms with E-state index >= 15 is 4.39 Å². The number of rotatable bonds is 15.